The van der Waals surface area contributed by atoms with Crippen LogP contribution >= 0.6 is 0 Å². The topological polar surface area (TPSA) is 67.6 Å². The van der Waals surface area contributed by atoms with Gasteiger partial charge in [-0.1, -0.05) is 35.0 Å². The maximum absolute atomic E-state index is 12.2. The highest BCUT2D eigenvalue weighted by molar-refractivity contribution is 5.74. The number of nitrogens with zero attached hydrogens (tertiary/aromatic N) is 2. The van der Waals surface area contributed by atoms with E-state index in [4.69, 9.17) is 9.26 Å². The number of morpholine rings is 1. The molecule has 1 N–H and O–H groups in total. The molecule has 1 saturated heterocycles. The first-order valence-electron chi connectivity index (χ1n) is 7.78. The second kappa shape index (κ2) is 6.83. The zero-order valence-electron chi connectivity index (χ0n) is 13.4. The molecule has 0 spiro atoms. The van der Waals surface area contributed by atoms with Crippen LogP contribution in [0.2, 0.25) is 0 Å². The molecule has 1 aliphatic heterocycles. The Balaban J connectivity index is 1.58. The smallest absolute Gasteiger partial charge is 0.318 e. The molecule has 23 heavy (non-hydrogen) atoms. The maximum atomic E-state index is 12.2. The van der Waals surface area contributed by atoms with Crippen molar-refractivity contribution in [3.05, 3.63) is 41.7 Å². The molecule has 2 heterocycles. The van der Waals surface area contributed by atoms with Gasteiger partial charge in [0.1, 0.15) is 5.69 Å². The minimum atomic E-state index is -0.103. The molecule has 0 radical (unpaired) electrons. The van der Waals surface area contributed by atoms with Crippen LogP contribution in [0.4, 0.5) is 4.79 Å². The summed E-state index contributed by atoms with van der Waals surface area (Å²) in [7, 11) is 0. The Morgan fingerprint density at radius 2 is 2.17 bits per heavy atom. The van der Waals surface area contributed by atoms with Gasteiger partial charge in [0.25, 0.3) is 0 Å². The molecule has 6 heteroatoms. The van der Waals surface area contributed by atoms with Crippen molar-refractivity contribution in [2.45, 2.75) is 26.4 Å². The quantitative estimate of drug-likeness (QED) is 0.945. The molecule has 0 bridgehead atoms. The summed E-state index contributed by atoms with van der Waals surface area (Å²) in [4.78, 5) is 14.0. The molecule has 1 aliphatic rings. The highest BCUT2D eigenvalue weighted by Gasteiger charge is 2.23. The highest BCUT2D eigenvalue weighted by Crippen LogP contribution is 2.19. The summed E-state index contributed by atoms with van der Waals surface area (Å²) >= 11 is 0. The maximum Gasteiger partial charge on any atom is 0.318 e. The van der Waals surface area contributed by atoms with E-state index in [1.54, 1.807) is 4.90 Å². The van der Waals surface area contributed by atoms with Gasteiger partial charge < -0.3 is 19.5 Å². The van der Waals surface area contributed by atoms with Gasteiger partial charge in [0.15, 0.2) is 5.76 Å². The number of hydrogen-bond acceptors (Lipinski definition) is 4. The molecule has 1 aromatic carbocycles. The van der Waals surface area contributed by atoms with E-state index in [-0.39, 0.29) is 12.1 Å². The molecular formula is C17H21N3O3. The lowest BCUT2D eigenvalue weighted by molar-refractivity contribution is 0.0188. The highest BCUT2D eigenvalue weighted by atomic mass is 16.5. The van der Waals surface area contributed by atoms with Gasteiger partial charge >= 0.3 is 6.03 Å². The average Bonchev–Trinajstić information content (AvgIpc) is 3.03. The molecule has 0 aliphatic carbocycles. The normalized spacial score (nSPS) is 18.0. The largest absolute Gasteiger partial charge is 0.377 e. The number of ether oxygens (including phenoxy) is 1. The molecule has 1 aromatic heterocycles. The number of urea groups is 1. The van der Waals surface area contributed by atoms with Gasteiger partial charge in [0.05, 0.1) is 25.8 Å². The number of carbonyl (C=O) groups is 1. The molecule has 3 rings (SSSR count). The Hall–Kier alpha value is -2.34. The van der Waals surface area contributed by atoms with Crippen molar-refractivity contribution in [3.63, 3.8) is 0 Å². The average molecular weight is 315 g/mol. The fourth-order valence-corrected chi connectivity index (χ4v) is 2.55. The van der Waals surface area contributed by atoms with Crippen LogP contribution in [-0.4, -0.2) is 41.9 Å². The number of aromatic nitrogens is 1. The van der Waals surface area contributed by atoms with Crippen molar-refractivity contribution in [3.8, 4) is 11.3 Å². The van der Waals surface area contributed by atoms with E-state index < -0.39 is 0 Å². The van der Waals surface area contributed by atoms with E-state index >= 15 is 0 Å². The van der Waals surface area contributed by atoms with E-state index in [0.29, 0.717) is 32.1 Å². The SMILES string of the molecule is Cc1ccc(-c2cc(CNC(=O)N3CCOCC3C)on2)cc1. The molecule has 1 unspecified atom stereocenters. The Labute approximate surface area is 135 Å². The fraction of sp³-hybridized carbons (Fsp3) is 0.412. The fourth-order valence-electron chi connectivity index (χ4n) is 2.55. The molecule has 6 nitrogen and oxygen atoms in total. The lowest BCUT2D eigenvalue weighted by atomic mass is 10.1. The zero-order chi connectivity index (χ0) is 16.2. The number of nitrogens with one attached hydrogen (secondary N) is 1. The number of benzene rings is 1. The first-order chi connectivity index (χ1) is 11.1. The van der Waals surface area contributed by atoms with Gasteiger partial charge in [0, 0.05) is 18.2 Å². The van der Waals surface area contributed by atoms with Crippen LogP contribution < -0.4 is 5.32 Å². The summed E-state index contributed by atoms with van der Waals surface area (Å²) in [6.45, 7) is 6.10. The molecule has 2 amide bonds. The lowest BCUT2D eigenvalue weighted by Crippen LogP contribution is -2.51. The summed E-state index contributed by atoms with van der Waals surface area (Å²) in [5, 5.41) is 6.93. The van der Waals surface area contributed by atoms with Gasteiger partial charge in [0.2, 0.25) is 0 Å². The Morgan fingerprint density at radius 1 is 1.39 bits per heavy atom. The summed E-state index contributed by atoms with van der Waals surface area (Å²) < 4.78 is 10.6. The third-order valence-electron chi connectivity index (χ3n) is 3.95. The first-order valence-corrected chi connectivity index (χ1v) is 7.78. The number of hydrogen-bond donors (Lipinski definition) is 1. The van der Waals surface area contributed by atoms with Crippen molar-refractivity contribution < 1.29 is 14.1 Å². The third kappa shape index (κ3) is 3.71. The van der Waals surface area contributed by atoms with E-state index in [2.05, 4.69) is 10.5 Å². The Bertz CT molecular complexity index is 666. The molecule has 0 saturated carbocycles. The monoisotopic (exact) mass is 315 g/mol. The minimum absolute atomic E-state index is 0.0848. The first kappa shape index (κ1) is 15.6. The second-order valence-electron chi connectivity index (χ2n) is 5.82. The molecule has 1 atom stereocenters. The number of carbonyl (C=O) groups excluding carboxylic acids is 1. The van der Waals surface area contributed by atoms with Crippen LogP contribution in [0.15, 0.2) is 34.9 Å². The Kier molecular flexibility index (Phi) is 4.62. The van der Waals surface area contributed by atoms with Crippen molar-refractivity contribution in [2.24, 2.45) is 0 Å². The minimum Gasteiger partial charge on any atom is -0.377 e. The van der Waals surface area contributed by atoms with Gasteiger partial charge in [-0.2, -0.15) is 0 Å². The number of aryl methyl sites for hydroxylation is 1. The molecule has 2 aromatic rings. The predicted molar refractivity (Wildman–Crippen MR) is 85.9 cm³/mol. The lowest BCUT2D eigenvalue weighted by Gasteiger charge is -2.33. The molecular weight excluding hydrogens is 294 g/mol. The van der Waals surface area contributed by atoms with Crippen LogP contribution in [0.3, 0.4) is 0 Å². The molecule has 122 valence electrons. The summed E-state index contributed by atoms with van der Waals surface area (Å²) in [5.41, 5.74) is 2.97. The van der Waals surface area contributed by atoms with Crippen LogP contribution in [0.25, 0.3) is 11.3 Å². The van der Waals surface area contributed by atoms with E-state index in [9.17, 15) is 4.79 Å². The van der Waals surface area contributed by atoms with Gasteiger partial charge in [-0.3, -0.25) is 0 Å². The zero-order valence-corrected chi connectivity index (χ0v) is 13.4. The summed E-state index contributed by atoms with van der Waals surface area (Å²) in [5.74, 6) is 0.634. The van der Waals surface area contributed by atoms with Crippen LogP contribution in [-0.2, 0) is 11.3 Å². The van der Waals surface area contributed by atoms with Crippen LogP contribution in [0.5, 0.6) is 0 Å². The van der Waals surface area contributed by atoms with Crippen LogP contribution in [0.1, 0.15) is 18.2 Å². The Morgan fingerprint density at radius 3 is 2.91 bits per heavy atom. The predicted octanol–water partition coefficient (Wildman–Crippen LogP) is 2.58. The van der Waals surface area contributed by atoms with E-state index in [0.717, 1.165) is 11.3 Å². The van der Waals surface area contributed by atoms with Gasteiger partial charge in [-0.25, -0.2) is 4.79 Å². The van der Waals surface area contributed by atoms with E-state index in [1.807, 2.05) is 44.2 Å². The van der Waals surface area contributed by atoms with E-state index in [1.165, 1.54) is 5.56 Å². The standard InChI is InChI=1S/C17H21N3O3/c1-12-3-5-14(6-4-12)16-9-15(23-19-16)10-18-17(21)20-7-8-22-11-13(20)2/h3-6,9,13H,7-8,10-11H2,1-2H3,(H,18,21). The van der Waals surface area contributed by atoms with Crippen LogP contribution in [0, 0.1) is 6.92 Å². The van der Waals surface area contributed by atoms with Crippen molar-refractivity contribution in [1.29, 1.82) is 0 Å². The van der Waals surface area contributed by atoms with Crippen molar-refractivity contribution in [1.82, 2.24) is 15.4 Å². The van der Waals surface area contributed by atoms with Gasteiger partial charge in [-0.15, -0.1) is 0 Å². The molecule has 1 fully saturated rings. The van der Waals surface area contributed by atoms with Crippen molar-refractivity contribution in [2.75, 3.05) is 19.8 Å². The summed E-state index contributed by atoms with van der Waals surface area (Å²) in [6, 6.07) is 9.91. The van der Waals surface area contributed by atoms with Crippen molar-refractivity contribution >= 4 is 6.03 Å². The second-order valence-corrected chi connectivity index (χ2v) is 5.82. The third-order valence-corrected chi connectivity index (χ3v) is 3.95. The number of amides is 2. The van der Waals surface area contributed by atoms with Gasteiger partial charge in [-0.05, 0) is 13.8 Å². The summed E-state index contributed by atoms with van der Waals surface area (Å²) in [6.07, 6.45) is 0. The number of rotatable bonds is 3.